The van der Waals surface area contributed by atoms with Gasteiger partial charge in [0.15, 0.2) is 5.25 Å². The van der Waals surface area contributed by atoms with Gasteiger partial charge in [0.05, 0.1) is 12.7 Å². The zero-order valence-electron chi connectivity index (χ0n) is 18.4. The molecule has 0 spiro atoms. The Kier molecular flexibility index (Phi) is 28.7. The minimum atomic E-state index is -4.82. The molecule has 0 heterocycles. The molecule has 180 valence electrons. The van der Waals surface area contributed by atoms with Crippen molar-refractivity contribution in [3.05, 3.63) is 12.3 Å². The first-order valence-corrected chi connectivity index (χ1v) is 12.8. The first-order chi connectivity index (χ1) is 14.3. The summed E-state index contributed by atoms with van der Waals surface area (Å²) in [5.74, 6) is -2.81. The zero-order valence-corrected chi connectivity index (χ0v) is 19.2. The molecule has 2 N–H and O–H groups in total. The number of aliphatic carboxylic acids is 1. The average Bonchev–Trinajstić information content (AvgIpc) is 2.67. The number of carbonyl (C=O) groups excluding carboxylic acids is 1. The number of carbonyl (C=O) groups is 2. The molecule has 32 heavy (non-hydrogen) atoms. The molecular formula is C22H42Na2O7S. The van der Waals surface area contributed by atoms with Crippen molar-refractivity contribution >= 4 is 81.2 Å². The summed E-state index contributed by atoms with van der Waals surface area (Å²) in [6, 6.07) is 0. The number of hydrogen-bond donors (Lipinski definition) is 2. The van der Waals surface area contributed by atoms with Gasteiger partial charge in [-0.2, -0.15) is 8.42 Å². The van der Waals surface area contributed by atoms with E-state index in [0.717, 1.165) is 25.5 Å². The fourth-order valence-corrected chi connectivity index (χ4v) is 3.84. The van der Waals surface area contributed by atoms with E-state index < -0.39 is 33.7 Å². The van der Waals surface area contributed by atoms with Crippen molar-refractivity contribution < 1.29 is 32.4 Å². The summed E-state index contributed by atoms with van der Waals surface area (Å²) in [6.07, 6.45) is 20.1. The van der Waals surface area contributed by atoms with Crippen LogP contribution in [0.3, 0.4) is 0 Å². The number of rotatable bonds is 20. The van der Waals surface area contributed by atoms with Crippen molar-refractivity contribution in [1.29, 1.82) is 0 Å². The van der Waals surface area contributed by atoms with Gasteiger partial charge in [0.2, 0.25) is 0 Å². The molecule has 0 fully saturated rings. The van der Waals surface area contributed by atoms with E-state index >= 15 is 0 Å². The first kappa shape index (κ1) is 37.1. The van der Waals surface area contributed by atoms with Gasteiger partial charge >= 0.3 is 71.1 Å². The molecule has 1 atom stereocenters. The third-order valence-corrected chi connectivity index (χ3v) is 6.07. The first-order valence-electron chi connectivity index (χ1n) is 11.3. The maximum absolute atomic E-state index is 11.6. The molecule has 0 aromatic heterocycles. The molecule has 0 aromatic carbocycles. The molecule has 0 aliphatic rings. The van der Waals surface area contributed by atoms with Crippen molar-refractivity contribution in [3.63, 3.8) is 0 Å². The van der Waals surface area contributed by atoms with Gasteiger partial charge in [-0.1, -0.05) is 90.4 Å². The summed E-state index contributed by atoms with van der Waals surface area (Å²) < 4.78 is 35.7. The predicted molar refractivity (Wildman–Crippen MR) is 132 cm³/mol. The van der Waals surface area contributed by atoms with Crippen LogP contribution in [0.5, 0.6) is 0 Å². The van der Waals surface area contributed by atoms with Crippen LogP contribution in [-0.2, 0) is 24.4 Å². The minimum absolute atomic E-state index is 0. The fraction of sp³-hybridized carbons (Fsp3) is 0.818. The Bertz CT molecular complexity index is 595. The van der Waals surface area contributed by atoms with Crippen LogP contribution in [-0.4, -0.2) is 94.4 Å². The maximum atomic E-state index is 11.6. The average molecular weight is 497 g/mol. The summed E-state index contributed by atoms with van der Waals surface area (Å²) in [7, 11) is -4.82. The Morgan fingerprint density at radius 2 is 1.22 bits per heavy atom. The Morgan fingerprint density at radius 1 is 0.812 bits per heavy atom. The number of unbranched alkanes of at least 4 members (excludes halogenated alkanes) is 14. The van der Waals surface area contributed by atoms with Crippen molar-refractivity contribution in [2.75, 3.05) is 0 Å². The van der Waals surface area contributed by atoms with Gasteiger partial charge in [-0.3, -0.25) is 14.1 Å². The SMILES string of the molecule is CCCCCCCCCCCCCCCCC=COC(=O)C(CC(=O)O)S(=O)(=O)O.[NaH].[NaH]. The fourth-order valence-electron chi connectivity index (χ4n) is 3.18. The summed E-state index contributed by atoms with van der Waals surface area (Å²) in [5, 5.41) is 6.50. The Balaban J connectivity index is -0.00000420. The number of ether oxygens (including phenoxy) is 1. The van der Waals surface area contributed by atoms with E-state index in [-0.39, 0.29) is 59.1 Å². The number of carboxylic acids is 1. The number of carboxylic acid groups (broad SMARTS) is 1. The normalized spacial score (nSPS) is 12.1. The Hall–Kier alpha value is 0.590. The molecule has 7 nitrogen and oxygen atoms in total. The van der Waals surface area contributed by atoms with Gasteiger partial charge in [-0.15, -0.1) is 0 Å². The van der Waals surface area contributed by atoms with E-state index in [1.165, 1.54) is 70.6 Å². The van der Waals surface area contributed by atoms with Crippen molar-refractivity contribution in [2.45, 2.75) is 115 Å². The summed E-state index contributed by atoms with van der Waals surface area (Å²) in [5.41, 5.74) is 0. The summed E-state index contributed by atoms with van der Waals surface area (Å²) >= 11 is 0. The second-order valence-electron chi connectivity index (χ2n) is 7.80. The number of esters is 1. The van der Waals surface area contributed by atoms with Crippen LogP contribution in [0.1, 0.15) is 110 Å². The molecule has 0 saturated heterocycles. The van der Waals surface area contributed by atoms with Gasteiger partial charge in [0.25, 0.3) is 10.1 Å². The number of allylic oxidation sites excluding steroid dienone is 1. The quantitative estimate of drug-likeness (QED) is 0.0846. The molecular weight excluding hydrogens is 454 g/mol. The molecule has 0 saturated carbocycles. The van der Waals surface area contributed by atoms with Crippen molar-refractivity contribution in [1.82, 2.24) is 0 Å². The van der Waals surface area contributed by atoms with Crippen molar-refractivity contribution in [2.24, 2.45) is 0 Å². The Labute approximate surface area is 238 Å². The number of hydrogen-bond acceptors (Lipinski definition) is 5. The van der Waals surface area contributed by atoms with E-state index in [4.69, 9.17) is 9.66 Å². The monoisotopic (exact) mass is 496 g/mol. The van der Waals surface area contributed by atoms with Crippen LogP contribution in [0.25, 0.3) is 0 Å². The van der Waals surface area contributed by atoms with Gasteiger partial charge in [-0.05, 0) is 18.9 Å². The van der Waals surface area contributed by atoms with Gasteiger partial charge in [0, 0.05) is 0 Å². The van der Waals surface area contributed by atoms with Crippen LogP contribution in [0.15, 0.2) is 12.3 Å². The second-order valence-corrected chi connectivity index (χ2v) is 9.39. The van der Waals surface area contributed by atoms with Crippen LogP contribution in [0, 0.1) is 0 Å². The van der Waals surface area contributed by atoms with E-state index in [1.807, 2.05) is 0 Å². The molecule has 10 heteroatoms. The van der Waals surface area contributed by atoms with E-state index in [2.05, 4.69) is 11.7 Å². The topological polar surface area (TPSA) is 118 Å². The predicted octanol–water partition coefficient (Wildman–Crippen LogP) is 4.35. The third kappa shape index (κ3) is 23.7. The molecule has 0 radical (unpaired) electrons. The van der Waals surface area contributed by atoms with E-state index in [0.29, 0.717) is 6.42 Å². The van der Waals surface area contributed by atoms with Crippen LogP contribution in [0.2, 0.25) is 0 Å². The molecule has 0 amide bonds. The molecule has 0 aliphatic carbocycles. The van der Waals surface area contributed by atoms with E-state index in [9.17, 15) is 18.0 Å². The summed E-state index contributed by atoms with van der Waals surface area (Å²) in [6.45, 7) is 2.24. The molecule has 0 aromatic rings. The van der Waals surface area contributed by atoms with Crippen LogP contribution in [0.4, 0.5) is 0 Å². The molecule has 1 unspecified atom stereocenters. The van der Waals surface area contributed by atoms with Crippen molar-refractivity contribution in [3.8, 4) is 0 Å². The van der Waals surface area contributed by atoms with Gasteiger partial charge in [-0.25, -0.2) is 0 Å². The third-order valence-electron chi connectivity index (χ3n) is 4.99. The standard InChI is InChI=1S/C22H40O7S.2Na.2H/c1-2-3-4-5-6-7-8-9-10-11-12-13-14-15-16-17-18-29-22(25)20(19-21(23)24)30(26,27)28;;;;/h17-18,20H,2-16,19H2,1H3,(H,23,24)(H,26,27,28);;;;. The van der Waals surface area contributed by atoms with Crippen LogP contribution >= 0.6 is 0 Å². The Morgan fingerprint density at radius 3 is 1.59 bits per heavy atom. The van der Waals surface area contributed by atoms with E-state index in [1.54, 1.807) is 6.08 Å². The van der Waals surface area contributed by atoms with Crippen LogP contribution < -0.4 is 0 Å². The molecule has 0 rings (SSSR count). The van der Waals surface area contributed by atoms with Gasteiger partial charge in [0.1, 0.15) is 0 Å². The molecule has 0 bridgehead atoms. The molecule has 0 aliphatic heterocycles. The summed E-state index contributed by atoms with van der Waals surface area (Å²) in [4.78, 5) is 22.2. The van der Waals surface area contributed by atoms with Gasteiger partial charge < -0.3 is 9.84 Å². The second kappa shape index (κ2) is 24.7. The zero-order chi connectivity index (χ0) is 22.7.